The summed E-state index contributed by atoms with van der Waals surface area (Å²) >= 11 is 20.4. The number of nitrogens with one attached hydrogen (secondary N) is 1. The topological polar surface area (TPSA) is 84.9 Å². The Morgan fingerprint density at radius 3 is 2.03 bits per heavy atom. The highest BCUT2D eigenvalue weighted by Crippen LogP contribution is 2.56. The molecule has 39 heavy (non-hydrogen) atoms. The number of rotatable bonds is 3. The van der Waals surface area contributed by atoms with Gasteiger partial charge < -0.3 is 14.8 Å². The zero-order valence-electron chi connectivity index (χ0n) is 21.9. The number of esters is 2. The van der Waals surface area contributed by atoms with E-state index in [0.717, 1.165) is 34.7 Å². The summed E-state index contributed by atoms with van der Waals surface area (Å²) < 4.78 is 10.5. The van der Waals surface area contributed by atoms with Gasteiger partial charge in [-0.05, 0) is 69.2 Å². The number of amides is 2. The molecule has 4 rings (SSSR count). The molecule has 0 radical (unpaired) electrons. The average molecular weight is 624 g/mol. The van der Waals surface area contributed by atoms with Crippen molar-refractivity contribution in [3.05, 3.63) is 71.1 Å². The van der Waals surface area contributed by atoms with Crippen LogP contribution in [0.25, 0.3) is 5.57 Å². The predicted molar refractivity (Wildman–Crippen MR) is 164 cm³/mol. The fourth-order valence-electron chi connectivity index (χ4n) is 4.19. The van der Waals surface area contributed by atoms with Gasteiger partial charge in [-0.2, -0.15) is 0 Å². The molecule has 0 aromatic heterocycles. The van der Waals surface area contributed by atoms with Gasteiger partial charge >= 0.3 is 18.0 Å². The SMILES string of the molecule is COC(=O)C1=C(C(=O)OC)SC(=C2C(=S)C(C)(C)N(C(=O)Nc3ccc(Cl)c(Cl)c3)c3cc(C)c(C)cc32)S1. The number of anilines is 2. The number of carbonyl (C=O) groups is 3. The minimum Gasteiger partial charge on any atom is -0.465 e. The lowest BCUT2D eigenvalue weighted by molar-refractivity contribution is -0.138. The van der Waals surface area contributed by atoms with Crippen LogP contribution in [0.1, 0.15) is 30.5 Å². The van der Waals surface area contributed by atoms with Crippen molar-refractivity contribution in [3.63, 3.8) is 0 Å². The molecular formula is C27H24Cl2N2O5S3. The van der Waals surface area contributed by atoms with E-state index in [4.69, 9.17) is 44.9 Å². The maximum atomic E-state index is 13.8. The number of halogens is 2. The molecule has 0 saturated heterocycles. The number of hydrogen-bond donors (Lipinski definition) is 1. The van der Waals surface area contributed by atoms with Gasteiger partial charge in [0.25, 0.3) is 0 Å². The second kappa shape index (κ2) is 11.2. The van der Waals surface area contributed by atoms with Crippen LogP contribution < -0.4 is 10.2 Å². The Hall–Kier alpha value is -2.50. The number of hydrogen-bond acceptors (Lipinski definition) is 8. The second-order valence-electron chi connectivity index (χ2n) is 9.24. The van der Waals surface area contributed by atoms with Crippen molar-refractivity contribution in [2.45, 2.75) is 33.2 Å². The molecule has 2 aliphatic rings. The van der Waals surface area contributed by atoms with E-state index in [1.165, 1.54) is 14.2 Å². The molecule has 2 aliphatic heterocycles. The lowest BCUT2D eigenvalue weighted by Crippen LogP contribution is -2.57. The molecule has 7 nitrogen and oxygen atoms in total. The summed E-state index contributed by atoms with van der Waals surface area (Å²) in [5.41, 5.74) is 3.46. The van der Waals surface area contributed by atoms with Crippen LogP contribution in [0, 0.1) is 13.8 Å². The van der Waals surface area contributed by atoms with E-state index in [0.29, 0.717) is 41.7 Å². The van der Waals surface area contributed by atoms with Gasteiger partial charge in [-0.25, -0.2) is 14.4 Å². The van der Waals surface area contributed by atoms with Crippen molar-refractivity contribution in [1.82, 2.24) is 0 Å². The first-order chi connectivity index (χ1) is 18.3. The summed E-state index contributed by atoms with van der Waals surface area (Å²) in [5, 5.41) is 3.59. The van der Waals surface area contributed by atoms with E-state index >= 15 is 0 Å². The Bertz CT molecular complexity index is 1490. The second-order valence-corrected chi connectivity index (χ2v) is 12.8. The van der Waals surface area contributed by atoms with Gasteiger partial charge in [-0.1, -0.05) is 58.9 Å². The molecule has 2 aromatic carbocycles. The molecule has 0 saturated carbocycles. The molecule has 2 aromatic rings. The van der Waals surface area contributed by atoms with Crippen LogP contribution in [-0.2, 0) is 19.1 Å². The minimum absolute atomic E-state index is 0.127. The van der Waals surface area contributed by atoms with Crippen LogP contribution >= 0.6 is 58.9 Å². The Labute approximate surface area is 250 Å². The van der Waals surface area contributed by atoms with Gasteiger partial charge in [0.05, 0.1) is 44.6 Å². The van der Waals surface area contributed by atoms with E-state index in [1.807, 2.05) is 39.8 Å². The molecule has 0 aliphatic carbocycles. The third kappa shape index (κ3) is 5.32. The lowest BCUT2D eigenvalue weighted by atomic mass is 9.82. The smallest absolute Gasteiger partial charge is 0.346 e. The maximum Gasteiger partial charge on any atom is 0.346 e. The number of thiocarbonyl (C=S) groups is 1. The molecule has 0 atom stereocenters. The summed E-state index contributed by atoms with van der Waals surface area (Å²) in [6.07, 6.45) is 0. The van der Waals surface area contributed by atoms with E-state index in [2.05, 4.69) is 5.32 Å². The third-order valence-corrected chi connectivity index (χ3v) is 10.4. The number of fused-ring (bicyclic) bond motifs is 1. The molecule has 0 fully saturated rings. The molecule has 2 heterocycles. The average Bonchev–Trinajstić information content (AvgIpc) is 3.32. The summed E-state index contributed by atoms with van der Waals surface area (Å²) in [6, 6.07) is 8.33. The summed E-state index contributed by atoms with van der Waals surface area (Å²) in [5.74, 6) is -1.29. The molecule has 204 valence electrons. The quantitative estimate of drug-likeness (QED) is 0.214. The molecule has 0 unspecified atom stereocenters. The van der Waals surface area contributed by atoms with Gasteiger partial charge in [0.2, 0.25) is 0 Å². The molecule has 2 amide bonds. The number of methoxy groups -OCH3 is 2. The highest BCUT2D eigenvalue weighted by atomic mass is 35.5. The monoisotopic (exact) mass is 622 g/mol. The van der Waals surface area contributed by atoms with Crippen LogP contribution in [0.15, 0.2) is 44.4 Å². The van der Waals surface area contributed by atoms with E-state index < -0.39 is 23.5 Å². The number of carbonyl (C=O) groups excluding carboxylic acids is 3. The summed E-state index contributed by atoms with van der Waals surface area (Å²) in [4.78, 5) is 41.2. The first kappa shape index (κ1) is 29.5. The standard InChI is InChI=1S/C27H24Cl2N2O5S3/c1-12-9-15-18(10-13(12)2)31(26(34)30-14-7-8-16(28)17(29)11-14)27(3,4)22(37)19(15)25-38-20(23(32)35-5)21(39-25)24(33)36-6/h7-11H,1-6H3,(H,30,34). The number of nitrogens with zero attached hydrogens (tertiary/aromatic N) is 1. The fourth-order valence-corrected chi connectivity index (χ4v) is 7.52. The Morgan fingerprint density at radius 1 is 0.923 bits per heavy atom. The van der Waals surface area contributed by atoms with Crippen molar-refractivity contribution in [2.24, 2.45) is 0 Å². The lowest BCUT2D eigenvalue weighted by Gasteiger charge is -2.45. The molecule has 0 bridgehead atoms. The van der Waals surface area contributed by atoms with E-state index in [9.17, 15) is 14.4 Å². The van der Waals surface area contributed by atoms with Crippen molar-refractivity contribution in [3.8, 4) is 0 Å². The molecule has 1 N–H and O–H groups in total. The summed E-state index contributed by atoms with van der Waals surface area (Å²) in [7, 11) is 2.50. The van der Waals surface area contributed by atoms with Gasteiger partial charge in [0.15, 0.2) is 0 Å². The zero-order valence-corrected chi connectivity index (χ0v) is 25.8. The Balaban J connectivity index is 1.88. The van der Waals surface area contributed by atoms with Crippen LogP contribution in [0.4, 0.5) is 16.2 Å². The van der Waals surface area contributed by atoms with Crippen molar-refractivity contribution < 1.29 is 23.9 Å². The number of thioether (sulfide) groups is 2. The number of benzene rings is 2. The van der Waals surface area contributed by atoms with Crippen LogP contribution in [0.2, 0.25) is 10.0 Å². The Kier molecular flexibility index (Phi) is 8.45. The largest absolute Gasteiger partial charge is 0.465 e. The maximum absolute atomic E-state index is 13.8. The molecule has 0 spiro atoms. The Morgan fingerprint density at radius 2 is 1.49 bits per heavy atom. The van der Waals surface area contributed by atoms with Crippen LogP contribution in [-0.4, -0.2) is 42.6 Å². The first-order valence-corrected chi connectivity index (χ1v) is 14.3. The van der Waals surface area contributed by atoms with Gasteiger partial charge in [0.1, 0.15) is 9.81 Å². The van der Waals surface area contributed by atoms with Crippen molar-refractivity contribution in [2.75, 3.05) is 24.4 Å². The zero-order chi connectivity index (χ0) is 28.8. The molecule has 12 heteroatoms. The minimum atomic E-state index is -0.979. The number of aryl methyl sites for hydroxylation is 2. The fraction of sp³-hybridized carbons (Fsp3) is 0.259. The third-order valence-electron chi connectivity index (χ3n) is 6.38. The highest BCUT2D eigenvalue weighted by molar-refractivity contribution is 8.29. The highest BCUT2D eigenvalue weighted by Gasteiger charge is 2.46. The predicted octanol–water partition coefficient (Wildman–Crippen LogP) is 7.52. The van der Waals surface area contributed by atoms with Crippen LogP contribution in [0.5, 0.6) is 0 Å². The van der Waals surface area contributed by atoms with Gasteiger partial charge in [0, 0.05) is 16.8 Å². The van der Waals surface area contributed by atoms with Crippen LogP contribution in [0.3, 0.4) is 0 Å². The van der Waals surface area contributed by atoms with Crippen molar-refractivity contribution in [1.29, 1.82) is 0 Å². The van der Waals surface area contributed by atoms with E-state index in [-0.39, 0.29) is 9.81 Å². The van der Waals surface area contributed by atoms with Crippen molar-refractivity contribution >= 4 is 98.7 Å². The van der Waals surface area contributed by atoms with Gasteiger partial charge in [-0.15, -0.1) is 0 Å². The first-order valence-electron chi connectivity index (χ1n) is 11.5. The van der Waals surface area contributed by atoms with E-state index in [1.54, 1.807) is 23.1 Å². The van der Waals surface area contributed by atoms with Gasteiger partial charge in [-0.3, -0.25) is 4.90 Å². The molecular weight excluding hydrogens is 599 g/mol. The number of ether oxygens (including phenoxy) is 2. The normalized spacial score (nSPS) is 16.3. The number of urea groups is 1. The summed E-state index contributed by atoms with van der Waals surface area (Å²) in [6.45, 7) is 7.63.